The van der Waals surface area contributed by atoms with Gasteiger partial charge in [-0.15, -0.1) is 0 Å². The highest BCUT2D eigenvalue weighted by molar-refractivity contribution is 6.10. The lowest BCUT2D eigenvalue weighted by Crippen LogP contribution is -2.46. The molecule has 27 heavy (non-hydrogen) atoms. The number of hydrogen-bond donors (Lipinski definition) is 1. The van der Waals surface area contributed by atoms with Gasteiger partial charge >= 0.3 is 0 Å². The van der Waals surface area contributed by atoms with Crippen molar-refractivity contribution in [2.24, 2.45) is 10.9 Å². The van der Waals surface area contributed by atoms with E-state index in [0.29, 0.717) is 12.0 Å². The van der Waals surface area contributed by atoms with Crippen LogP contribution in [0.1, 0.15) is 56.9 Å². The van der Waals surface area contributed by atoms with Gasteiger partial charge in [0.1, 0.15) is 5.75 Å². The Bertz CT molecular complexity index is 816. The number of allylic oxidation sites excluding steroid dienone is 2. The van der Waals surface area contributed by atoms with Gasteiger partial charge in [0, 0.05) is 42.4 Å². The Balaban J connectivity index is 1.79. The minimum atomic E-state index is -0.437. The predicted octanol–water partition coefficient (Wildman–Crippen LogP) is 3.59. The molecule has 2 atom stereocenters. The molecule has 2 aliphatic heterocycles. The molecule has 0 aromatic heterocycles. The number of benzene rings is 1. The molecule has 1 aromatic carbocycles. The number of phenols is 1. The van der Waals surface area contributed by atoms with Crippen LogP contribution in [0, 0.1) is 5.92 Å². The van der Waals surface area contributed by atoms with Crippen LogP contribution in [-0.2, 0) is 9.59 Å². The molecule has 1 amide bonds. The number of aliphatic imine (C=N–C) groups is 1. The van der Waals surface area contributed by atoms with E-state index in [1.54, 1.807) is 12.1 Å². The fourth-order valence-electron chi connectivity index (χ4n) is 4.68. The standard InChI is InChI=1S/C22H26N2O3/c1-14-19(22(27)24-12-3-2-4-13-24)20(15-8-10-16(25)11-9-15)21-17(23-14)6-5-7-18(21)26/h8-11,19-20,25H,2-7,12-13H2,1H3/t19?,20-/m0/s1. The van der Waals surface area contributed by atoms with Gasteiger partial charge in [-0.2, -0.15) is 0 Å². The number of ketones is 1. The van der Waals surface area contributed by atoms with Gasteiger partial charge in [-0.3, -0.25) is 14.6 Å². The van der Waals surface area contributed by atoms with E-state index in [0.717, 1.165) is 62.2 Å². The molecule has 5 heteroatoms. The molecule has 0 radical (unpaired) electrons. The number of carbonyl (C=O) groups excluding carboxylic acids is 2. The van der Waals surface area contributed by atoms with Crippen molar-refractivity contribution in [3.05, 3.63) is 41.1 Å². The van der Waals surface area contributed by atoms with E-state index in [1.807, 2.05) is 24.0 Å². The molecular weight excluding hydrogens is 340 g/mol. The first-order valence-electron chi connectivity index (χ1n) is 9.95. The van der Waals surface area contributed by atoms with Gasteiger partial charge in [0.05, 0.1) is 5.92 Å². The monoisotopic (exact) mass is 366 g/mol. The number of hydrogen-bond acceptors (Lipinski definition) is 4. The Morgan fingerprint density at radius 2 is 1.78 bits per heavy atom. The molecule has 0 saturated carbocycles. The summed E-state index contributed by atoms with van der Waals surface area (Å²) >= 11 is 0. The summed E-state index contributed by atoms with van der Waals surface area (Å²) < 4.78 is 0. The maximum absolute atomic E-state index is 13.5. The van der Waals surface area contributed by atoms with E-state index in [4.69, 9.17) is 4.99 Å². The third-order valence-electron chi connectivity index (χ3n) is 6.02. The summed E-state index contributed by atoms with van der Waals surface area (Å²) in [6, 6.07) is 6.93. The fourth-order valence-corrected chi connectivity index (χ4v) is 4.68. The molecule has 3 aliphatic rings. The van der Waals surface area contributed by atoms with Gasteiger partial charge in [-0.05, 0) is 56.7 Å². The van der Waals surface area contributed by atoms with Crippen LogP contribution in [0.15, 0.2) is 40.5 Å². The molecule has 1 fully saturated rings. The lowest BCUT2D eigenvalue weighted by molar-refractivity contribution is -0.134. The van der Waals surface area contributed by atoms with Crippen LogP contribution < -0.4 is 0 Å². The molecule has 2 heterocycles. The molecule has 1 N–H and O–H groups in total. The molecule has 1 aliphatic carbocycles. The summed E-state index contributed by atoms with van der Waals surface area (Å²) in [6.07, 6.45) is 5.36. The van der Waals surface area contributed by atoms with Crippen LogP contribution in [0.4, 0.5) is 0 Å². The molecule has 5 nitrogen and oxygen atoms in total. The fraction of sp³-hybridized carbons (Fsp3) is 0.500. The van der Waals surface area contributed by atoms with Crippen molar-refractivity contribution in [3.8, 4) is 5.75 Å². The summed E-state index contributed by atoms with van der Waals surface area (Å²) in [5.41, 5.74) is 3.27. The summed E-state index contributed by atoms with van der Waals surface area (Å²) in [5.74, 6) is -0.363. The minimum absolute atomic E-state index is 0.0824. The number of piperidine rings is 1. The average Bonchev–Trinajstić information content (AvgIpc) is 2.68. The summed E-state index contributed by atoms with van der Waals surface area (Å²) in [4.78, 5) is 33.0. The second-order valence-electron chi connectivity index (χ2n) is 7.82. The zero-order valence-corrected chi connectivity index (χ0v) is 15.8. The highest BCUT2D eigenvalue weighted by atomic mass is 16.3. The van der Waals surface area contributed by atoms with Crippen LogP contribution in [-0.4, -0.2) is 40.5 Å². The number of carbonyl (C=O) groups is 2. The normalized spacial score (nSPS) is 25.9. The van der Waals surface area contributed by atoms with Gasteiger partial charge in [0.25, 0.3) is 0 Å². The Morgan fingerprint density at radius 1 is 1.07 bits per heavy atom. The van der Waals surface area contributed by atoms with Gasteiger partial charge in [-0.1, -0.05) is 12.1 Å². The molecular formula is C22H26N2O3. The third kappa shape index (κ3) is 3.31. The Kier molecular flexibility index (Phi) is 4.85. The quantitative estimate of drug-likeness (QED) is 0.870. The molecule has 0 spiro atoms. The SMILES string of the molecule is CC1=NC2=C(C(=O)CCC2)[C@@H](c2ccc(O)cc2)C1C(=O)N1CCCCC1. The third-order valence-corrected chi connectivity index (χ3v) is 6.02. The maximum atomic E-state index is 13.5. The minimum Gasteiger partial charge on any atom is -0.508 e. The number of likely N-dealkylation sites (tertiary alicyclic amines) is 1. The predicted molar refractivity (Wildman–Crippen MR) is 104 cm³/mol. The van der Waals surface area contributed by atoms with Crippen molar-refractivity contribution < 1.29 is 14.7 Å². The highest BCUT2D eigenvalue weighted by Crippen LogP contribution is 2.44. The summed E-state index contributed by atoms with van der Waals surface area (Å²) in [6.45, 7) is 3.48. The summed E-state index contributed by atoms with van der Waals surface area (Å²) in [7, 11) is 0. The van der Waals surface area contributed by atoms with Crippen LogP contribution >= 0.6 is 0 Å². The second-order valence-corrected chi connectivity index (χ2v) is 7.82. The van der Waals surface area contributed by atoms with Gasteiger partial charge < -0.3 is 10.0 Å². The first-order chi connectivity index (χ1) is 13.1. The maximum Gasteiger partial charge on any atom is 0.232 e. The van der Waals surface area contributed by atoms with Crippen molar-refractivity contribution >= 4 is 17.4 Å². The number of phenolic OH excluding ortho intramolecular Hbond substituents is 1. The van der Waals surface area contributed by atoms with E-state index in [9.17, 15) is 14.7 Å². The van der Waals surface area contributed by atoms with Crippen LogP contribution in [0.5, 0.6) is 5.75 Å². The van der Waals surface area contributed by atoms with Gasteiger partial charge in [0.15, 0.2) is 5.78 Å². The van der Waals surface area contributed by atoms with Crippen molar-refractivity contribution in [1.82, 2.24) is 4.90 Å². The van der Waals surface area contributed by atoms with Crippen molar-refractivity contribution in [3.63, 3.8) is 0 Å². The highest BCUT2D eigenvalue weighted by Gasteiger charge is 2.43. The lowest BCUT2D eigenvalue weighted by Gasteiger charge is -2.38. The zero-order valence-electron chi connectivity index (χ0n) is 15.8. The average molecular weight is 366 g/mol. The summed E-state index contributed by atoms with van der Waals surface area (Å²) in [5, 5.41) is 9.69. The number of nitrogens with zero attached hydrogens (tertiary/aromatic N) is 2. The molecule has 142 valence electrons. The molecule has 1 unspecified atom stereocenters. The van der Waals surface area contributed by atoms with E-state index >= 15 is 0 Å². The molecule has 0 bridgehead atoms. The van der Waals surface area contributed by atoms with Crippen molar-refractivity contribution in [1.29, 1.82) is 0 Å². The topological polar surface area (TPSA) is 70.0 Å². The lowest BCUT2D eigenvalue weighted by atomic mass is 9.71. The van der Waals surface area contributed by atoms with Crippen LogP contribution in [0.25, 0.3) is 0 Å². The smallest absolute Gasteiger partial charge is 0.232 e. The van der Waals surface area contributed by atoms with Crippen LogP contribution in [0.2, 0.25) is 0 Å². The van der Waals surface area contributed by atoms with E-state index < -0.39 is 5.92 Å². The first kappa shape index (κ1) is 18.0. The van der Waals surface area contributed by atoms with Crippen molar-refractivity contribution in [2.45, 2.75) is 51.4 Å². The molecule has 1 aromatic rings. The molecule has 1 saturated heterocycles. The van der Waals surface area contributed by atoms with Crippen LogP contribution in [0.3, 0.4) is 0 Å². The zero-order chi connectivity index (χ0) is 19.0. The number of aromatic hydroxyl groups is 1. The largest absolute Gasteiger partial charge is 0.508 e. The number of amides is 1. The van der Waals surface area contributed by atoms with Gasteiger partial charge in [0.2, 0.25) is 5.91 Å². The Hall–Kier alpha value is -2.43. The van der Waals surface area contributed by atoms with E-state index in [2.05, 4.69) is 0 Å². The second kappa shape index (κ2) is 7.29. The number of rotatable bonds is 2. The Labute approximate surface area is 159 Å². The van der Waals surface area contributed by atoms with E-state index in [1.165, 1.54) is 0 Å². The Morgan fingerprint density at radius 3 is 2.48 bits per heavy atom. The molecule has 4 rings (SSSR count). The van der Waals surface area contributed by atoms with E-state index in [-0.39, 0.29) is 23.4 Å². The van der Waals surface area contributed by atoms with Gasteiger partial charge in [-0.25, -0.2) is 0 Å². The van der Waals surface area contributed by atoms with Crippen molar-refractivity contribution in [2.75, 3.05) is 13.1 Å². The number of Topliss-reactive ketones (excluding diaryl/α,β-unsaturated/α-hetero) is 1. The first-order valence-corrected chi connectivity index (χ1v) is 9.95.